The molecule has 0 aromatic rings. The molecule has 0 bridgehead atoms. The van der Waals surface area contributed by atoms with E-state index in [9.17, 15) is 0 Å². The molecule has 0 amide bonds. The summed E-state index contributed by atoms with van der Waals surface area (Å²) in [5.41, 5.74) is 5.73. The van der Waals surface area contributed by atoms with E-state index in [1.165, 1.54) is 0 Å². The summed E-state index contributed by atoms with van der Waals surface area (Å²) < 4.78 is 4.95. The van der Waals surface area contributed by atoms with Crippen LogP contribution in [0.2, 0.25) is 0 Å². The van der Waals surface area contributed by atoms with Crippen molar-refractivity contribution in [3.63, 3.8) is 0 Å². The van der Waals surface area contributed by atoms with E-state index in [2.05, 4.69) is 4.99 Å². The number of nitrogens with zero attached hydrogens (tertiary/aromatic N) is 1. The third-order valence-corrected chi connectivity index (χ3v) is 1.65. The standard InChI is InChI=1S/C7H12N2O/c1-5-3-4-9-7(10-2)6(5)8/h3-6H,8H2,1-2H3. The van der Waals surface area contributed by atoms with E-state index < -0.39 is 0 Å². The Kier molecular flexibility index (Phi) is 2.06. The summed E-state index contributed by atoms with van der Waals surface area (Å²) in [6.07, 6.45) is 3.69. The molecule has 0 saturated carbocycles. The lowest BCUT2D eigenvalue weighted by molar-refractivity contribution is 0.367. The second-order valence-electron chi connectivity index (χ2n) is 2.40. The Morgan fingerprint density at radius 1 is 1.70 bits per heavy atom. The summed E-state index contributed by atoms with van der Waals surface area (Å²) in [6, 6.07) is -0.0741. The molecule has 0 aliphatic carbocycles. The van der Waals surface area contributed by atoms with Crippen LogP contribution >= 0.6 is 0 Å². The van der Waals surface area contributed by atoms with Gasteiger partial charge < -0.3 is 10.5 Å². The highest BCUT2D eigenvalue weighted by Crippen LogP contribution is 2.09. The zero-order valence-corrected chi connectivity index (χ0v) is 6.24. The van der Waals surface area contributed by atoms with E-state index in [1.54, 1.807) is 13.3 Å². The molecule has 1 aliphatic rings. The van der Waals surface area contributed by atoms with Gasteiger partial charge in [-0.3, -0.25) is 0 Å². The van der Waals surface area contributed by atoms with Crippen molar-refractivity contribution < 1.29 is 4.74 Å². The van der Waals surface area contributed by atoms with Gasteiger partial charge in [0.25, 0.3) is 0 Å². The highest BCUT2D eigenvalue weighted by molar-refractivity contribution is 5.83. The van der Waals surface area contributed by atoms with Crippen molar-refractivity contribution in [1.29, 1.82) is 0 Å². The third-order valence-electron chi connectivity index (χ3n) is 1.65. The second kappa shape index (κ2) is 2.84. The van der Waals surface area contributed by atoms with Gasteiger partial charge >= 0.3 is 0 Å². The van der Waals surface area contributed by atoms with Crippen molar-refractivity contribution >= 4 is 5.90 Å². The van der Waals surface area contributed by atoms with E-state index >= 15 is 0 Å². The van der Waals surface area contributed by atoms with Gasteiger partial charge in [-0.2, -0.15) is 0 Å². The van der Waals surface area contributed by atoms with Crippen molar-refractivity contribution in [2.24, 2.45) is 16.6 Å². The Morgan fingerprint density at radius 2 is 2.40 bits per heavy atom. The second-order valence-corrected chi connectivity index (χ2v) is 2.40. The lowest BCUT2D eigenvalue weighted by Gasteiger charge is -2.19. The molecular weight excluding hydrogens is 128 g/mol. The third kappa shape index (κ3) is 1.19. The molecular formula is C7H12N2O. The SMILES string of the molecule is COC1=NC=CC(C)C1N. The lowest BCUT2D eigenvalue weighted by atomic mass is 10.0. The monoisotopic (exact) mass is 140 g/mol. The van der Waals surface area contributed by atoms with Crippen molar-refractivity contribution in [2.75, 3.05) is 7.11 Å². The van der Waals surface area contributed by atoms with Crippen LogP contribution in [0, 0.1) is 5.92 Å². The Labute approximate surface area is 60.6 Å². The molecule has 0 radical (unpaired) electrons. The first-order valence-electron chi connectivity index (χ1n) is 3.29. The van der Waals surface area contributed by atoms with Crippen LogP contribution in [0.5, 0.6) is 0 Å². The van der Waals surface area contributed by atoms with Gasteiger partial charge in [-0.05, 0) is 5.92 Å². The van der Waals surface area contributed by atoms with Gasteiger partial charge in [0.2, 0.25) is 5.90 Å². The maximum absolute atomic E-state index is 5.73. The number of aliphatic imine (C=N–C) groups is 1. The fourth-order valence-corrected chi connectivity index (χ4v) is 0.872. The van der Waals surface area contributed by atoms with Gasteiger partial charge in [-0.25, -0.2) is 4.99 Å². The molecule has 2 atom stereocenters. The smallest absolute Gasteiger partial charge is 0.205 e. The van der Waals surface area contributed by atoms with E-state index in [0.29, 0.717) is 11.8 Å². The summed E-state index contributed by atoms with van der Waals surface area (Å²) in [5.74, 6) is 0.947. The molecule has 3 heteroatoms. The molecule has 1 rings (SSSR count). The normalized spacial score (nSPS) is 31.7. The minimum Gasteiger partial charge on any atom is -0.483 e. The molecule has 0 saturated heterocycles. The first-order chi connectivity index (χ1) is 4.75. The summed E-state index contributed by atoms with van der Waals surface area (Å²) in [7, 11) is 1.59. The van der Waals surface area contributed by atoms with E-state index in [-0.39, 0.29) is 6.04 Å². The Balaban J connectivity index is 2.71. The predicted octanol–water partition coefficient (Wildman–Crippen LogP) is 0.522. The van der Waals surface area contributed by atoms with E-state index in [4.69, 9.17) is 10.5 Å². The van der Waals surface area contributed by atoms with Gasteiger partial charge in [0.15, 0.2) is 0 Å². The first kappa shape index (κ1) is 7.28. The van der Waals surface area contributed by atoms with Gasteiger partial charge in [-0.1, -0.05) is 13.0 Å². The molecule has 10 heavy (non-hydrogen) atoms. The van der Waals surface area contributed by atoms with Gasteiger partial charge in [0.1, 0.15) is 0 Å². The average Bonchev–Trinajstić information content (AvgIpc) is 1.95. The minimum absolute atomic E-state index is 0.0741. The Bertz CT molecular complexity index is 174. The van der Waals surface area contributed by atoms with Crippen LogP contribution in [0.15, 0.2) is 17.3 Å². The van der Waals surface area contributed by atoms with Crippen LogP contribution in [0.4, 0.5) is 0 Å². The van der Waals surface area contributed by atoms with E-state index in [0.717, 1.165) is 0 Å². The molecule has 3 nitrogen and oxygen atoms in total. The zero-order valence-electron chi connectivity index (χ0n) is 6.24. The van der Waals surface area contributed by atoms with Crippen LogP contribution in [-0.4, -0.2) is 19.0 Å². The Morgan fingerprint density at radius 3 is 2.90 bits per heavy atom. The predicted molar refractivity (Wildman–Crippen MR) is 40.7 cm³/mol. The number of methoxy groups -OCH3 is 1. The number of rotatable bonds is 0. The highest BCUT2D eigenvalue weighted by atomic mass is 16.5. The first-order valence-corrected chi connectivity index (χ1v) is 3.29. The average molecular weight is 140 g/mol. The number of hydrogen-bond donors (Lipinski definition) is 1. The topological polar surface area (TPSA) is 47.6 Å². The molecule has 0 fully saturated rings. The van der Waals surface area contributed by atoms with Gasteiger partial charge in [-0.15, -0.1) is 0 Å². The van der Waals surface area contributed by atoms with Crippen LogP contribution in [0.1, 0.15) is 6.92 Å². The summed E-state index contributed by atoms with van der Waals surface area (Å²) in [5, 5.41) is 0. The van der Waals surface area contributed by atoms with Crippen molar-refractivity contribution in [2.45, 2.75) is 13.0 Å². The molecule has 0 aromatic carbocycles. The quantitative estimate of drug-likeness (QED) is 0.533. The molecule has 0 spiro atoms. The summed E-state index contributed by atoms with van der Waals surface area (Å²) >= 11 is 0. The molecule has 56 valence electrons. The molecule has 1 aliphatic heterocycles. The molecule has 0 aromatic heterocycles. The maximum Gasteiger partial charge on any atom is 0.205 e. The van der Waals surface area contributed by atoms with Crippen LogP contribution in [0.3, 0.4) is 0 Å². The molecule has 2 N–H and O–H groups in total. The van der Waals surface area contributed by atoms with E-state index in [1.807, 2.05) is 13.0 Å². The fourth-order valence-electron chi connectivity index (χ4n) is 0.872. The summed E-state index contributed by atoms with van der Waals surface area (Å²) in [6.45, 7) is 2.04. The minimum atomic E-state index is -0.0741. The van der Waals surface area contributed by atoms with Crippen molar-refractivity contribution in [3.8, 4) is 0 Å². The van der Waals surface area contributed by atoms with Gasteiger partial charge in [0.05, 0.1) is 13.2 Å². The van der Waals surface area contributed by atoms with Crippen LogP contribution in [-0.2, 0) is 4.74 Å². The lowest BCUT2D eigenvalue weighted by Crippen LogP contribution is -2.38. The van der Waals surface area contributed by atoms with Crippen LogP contribution < -0.4 is 5.73 Å². The fraction of sp³-hybridized carbons (Fsp3) is 0.571. The number of ether oxygens (including phenoxy) is 1. The largest absolute Gasteiger partial charge is 0.483 e. The number of hydrogen-bond acceptors (Lipinski definition) is 3. The number of nitrogens with two attached hydrogens (primary N) is 1. The zero-order chi connectivity index (χ0) is 7.56. The molecule has 2 unspecified atom stereocenters. The van der Waals surface area contributed by atoms with Crippen LogP contribution in [0.25, 0.3) is 0 Å². The highest BCUT2D eigenvalue weighted by Gasteiger charge is 2.19. The van der Waals surface area contributed by atoms with Gasteiger partial charge in [0, 0.05) is 6.20 Å². The molecule has 1 heterocycles. The van der Waals surface area contributed by atoms with Crippen molar-refractivity contribution in [3.05, 3.63) is 12.3 Å². The maximum atomic E-state index is 5.73. The van der Waals surface area contributed by atoms with Crippen molar-refractivity contribution in [1.82, 2.24) is 0 Å². The summed E-state index contributed by atoms with van der Waals surface area (Å²) in [4.78, 5) is 3.97. The Hall–Kier alpha value is -0.830.